The molecule has 104 valence electrons. The Bertz CT molecular complexity index is 444. The maximum Gasteiger partial charge on any atom is 0.251 e. The molecular weight excluding hydrogens is 240 g/mol. The van der Waals surface area contributed by atoms with Gasteiger partial charge in [-0.3, -0.25) is 4.79 Å². The fraction of sp³-hybridized carbons (Fsp3) is 0.533. The summed E-state index contributed by atoms with van der Waals surface area (Å²) in [5.74, 6) is -0.0287. The molecule has 1 aliphatic rings. The Morgan fingerprint density at radius 1 is 1.47 bits per heavy atom. The molecular formula is C15H22N2O2. The van der Waals surface area contributed by atoms with Gasteiger partial charge in [0.25, 0.3) is 5.91 Å². The summed E-state index contributed by atoms with van der Waals surface area (Å²) in [6, 6.07) is 5.93. The lowest BCUT2D eigenvalue weighted by molar-refractivity contribution is 0.0949. The minimum Gasteiger partial charge on any atom is -0.393 e. The molecule has 3 N–H and O–H groups in total. The number of fused-ring (bicyclic) bond motifs is 1. The summed E-state index contributed by atoms with van der Waals surface area (Å²) in [7, 11) is 0. The van der Waals surface area contributed by atoms with Crippen molar-refractivity contribution in [1.82, 2.24) is 10.6 Å². The van der Waals surface area contributed by atoms with Crippen LogP contribution in [0.3, 0.4) is 0 Å². The van der Waals surface area contributed by atoms with E-state index in [2.05, 4.69) is 16.7 Å². The number of carbonyl (C=O) groups excluding carboxylic acids is 1. The summed E-state index contributed by atoms with van der Waals surface area (Å²) >= 11 is 0. The first-order chi connectivity index (χ1) is 9.16. The summed E-state index contributed by atoms with van der Waals surface area (Å²) < 4.78 is 0. The molecule has 2 rings (SSSR count). The number of rotatable bonds is 5. The third-order valence-electron chi connectivity index (χ3n) is 3.44. The van der Waals surface area contributed by atoms with Crippen LogP contribution in [-0.4, -0.2) is 30.2 Å². The highest BCUT2D eigenvalue weighted by molar-refractivity contribution is 5.94. The van der Waals surface area contributed by atoms with Gasteiger partial charge in [-0.25, -0.2) is 0 Å². The first-order valence-electron chi connectivity index (χ1n) is 6.95. The van der Waals surface area contributed by atoms with Crippen molar-refractivity contribution in [3.8, 4) is 0 Å². The molecule has 1 unspecified atom stereocenters. The lowest BCUT2D eigenvalue weighted by atomic mass is 9.98. The SMILES string of the molecule is CC(O)CCCNC(=O)c1ccc2c(c1)CNCC2. The normalized spacial score (nSPS) is 15.7. The molecule has 0 spiro atoms. The number of benzene rings is 1. The largest absolute Gasteiger partial charge is 0.393 e. The van der Waals surface area contributed by atoms with E-state index >= 15 is 0 Å². The predicted molar refractivity (Wildman–Crippen MR) is 75.1 cm³/mol. The Balaban J connectivity index is 1.88. The summed E-state index contributed by atoms with van der Waals surface area (Å²) in [4.78, 5) is 12.0. The molecule has 0 aromatic heterocycles. The molecule has 0 saturated heterocycles. The summed E-state index contributed by atoms with van der Waals surface area (Å²) in [5, 5.41) is 15.4. The summed E-state index contributed by atoms with van der Waals surface area (Å²) in [5.41, 5.74) is 3.28. The molecule has 1 amide bonds. The van der Waals surface area contributed by atoms with E-state index in [0.29, 0.717) is 13.0 Å². The topological polar surface area (TPSA) is 61.4 Å². The Hall–Kier alpha value is -1.39. The second-order valence-corrected chi connectivity index (χ2v) is 5.16. The Labute approximate surface area is 114 Å². The Morgan fingerprint density at radius 3 is 3.11 bits per heavy atom. The number of aliphatic hydroxyl groups is 1. The lowest BCUT2D eigenvalue weighted by Crippen LogP contribution is -2.27. The average molecular weight is 262 g/mol. The third kappa shape index (κ3) is 4.04. The van der Waals surface area contributed by atoms with Crippen molar-refractivity contribution in [2.24, 2.45) is 0 Å². The van der Waals surface area contributed by atoms with Gasteiger partial charge < -0.3 is 15.7 Å². The molecule has 1 aromatic rings. The summed E-state index contributed by atoms with van der Waals surface area (Å²) in [6.45, 7) is 4.23. The van der Waals surface area contributed by atoms with Gasteiger partial charge in [0.2, 0.25) is 0 Å². The number of aliphatic hydroxyl groups excluding tert-OH is 1. The Morgan fingerprint density at radius 2 is 2.32 bits per heavy atom. The first-order valence-corrected chi connectivity index (χ1v) is 6.95. The van der Waals surface area contributed by atoms with Gasteiger partial charge >= 0.3 is 0 Å². The zero-order valence-corrected chi connectivity index (χ0v) is 11.4. The highest BCUT2D eigenvalue weighted by atomic mass is 16.3. The van der Waals surface area contributed by atoms with Crippen LogP contribution in [0.15, 0.2) is 18.2 Å². The van der Waals surface area contributed by atoms with Gasteiger partial charge in [0, 0.05) is 18.7 Å². The van der Waals surface area contributed by atoms with Crippen molar-refractivity contribution in [3.63, 3.8) is 0 Å². The average Bonchev–Trinajstić information content (AvgIpc) is 2.42. The van der Waals surface area contributed by atoms with Crippen LogP contribution in [0.2, 0.25) is 0 Å². The fourth-order valence-corrected chi connectivity index (χ4v) is 2.32. The summed E-state index contributed by atoms with van der Waals surface area (Å²) in [6.07, 6.45) is 2.25. The van der Waals surface area contributed by atoms with Gasteiger partial charge in [-0.2, -0.15) is 0 Å². The van der Waals surface area contributed by atoms with Crippen molar-refractivity contribution in [1.29, 1.82) is 0 Å². The van der Waals surface area contributed by atoms with Gasteiger partial charge in [-0.05, 0) is 56.0 Å². The molecule has 0 bridgehead atoms. The van der Waals surface area contributed by atoms with Crippen molar-refractivity contribution in [2.75, 3.05) is 13.1 Å². The van der Waals surface area contributed by atoms with Crippen molar-refractivity contribution < 1.29 is 9.90 Å². The van der Waals surface area contributed by atoms with Crippen LogP contribution in [-0.2, 0) is 13.0 Å². The highest BCUT2D eigenvalue weighted by Crippen LogP contribution is 2.15. The predicted octanol–water partition coefficient (Wildman–Crippen LogP) is 1.22. The van der Waals surface area contributed by atoms with Gasteiger partial charge in [0.15, 0.2) is 0 Å². The van der Waals surface area contributed by atoms with Crippen LogP contribution in [0.4, 0.5) is 0 Å². The van der Waals surface area contributed by atoms with Crippen LogP contribution in [0.5, 0.6) is 0 Å². The van der Waals surface area contributed by atoms with E-state index < -0.39 is 0 Å². The van der Waals surface area contributed by atoms with Crippen LogP contribution in [0.1, 0.15) is 41.3 Å². The molecule has 4 nitrogen and oxygen atoms in total. The maximum absolute atomic E-state index is 12.0. The van der Waals surface area contributed by atoms with Crippen molar-refractivity contribution in [3.05, 3.63) is 34.9 Å². The highest BCUT2D eigenvalue weighted by Gasteiger charge is 2.12. The van der Waals surface area contributed by atoms with E-state index in [1.807, 2.05) is 12.1 Å². The fourth-order valence-electron chi connectivity index (χ4n) is 2.32. The third-order valence-corrected chi connectivity index (χ3v) is 3.44. The quantitative estimate of drug-likeness (QED) is 0.699. The van der Waals surface area contributed by atoms with Crippen LogP contribution >= 0.6 is 0 Å². The minimum absolute atomic E-state index is 0.0287. The van der Waals surface area contributed by atoms with Gasteiger partial charge in [0.1, 0.15) is 0 Å². The van der Waals surface area contributed by atoms with Crippen molar-refractivity contribution in [2.45, 2.75) is 38.8 Å². The molecule has 1 heterocycles. The van der Waals surface area contributed by atoms with Crippen molar-refractivity contribution >= 4 is 5.91 Å². The monoisotopic (exact) mass is 262 g/mol. The minimum atomic E-state index is -0.299. The molecule has 0 radical (unpaired) electrons. The number of hydrogen-bond acceptors (Lipinski definition) is 3. The van der Waals surface area contributed by atoms with E-state index in [4.69, 9.17) is 5.11 Å². The van der Waals surface area contributed by atoms with Gasteiger partial charge in [-0.15, -0.1) is 0 Å². The van der Waals surface area contributed by atoms with Crippen LogP contribution in [0.25, 0.3) is 0 Å². The lowest BCUT2D eigenvalue weighted by Gasteiger charge is -2.17. The van der Waals surface area contributed by atoms with E-state index in [-0.39, 0.29) is 12.0 Å². The van der Waals surface area contributed by atoms with Gasteiger partial charge in [-0.1, -0.05) is 6.07 Å². The van der Waals surface area contributed by atoms with E-state index in [9.17, 15) is 4.79 Å². The van der Waals surface area contributed by atoms with Crippen LogP contribution < -0.4 is 10.6 Å². The zero-order chi connectivity index (χ0) is 13.7. The number of carbonyl (C=O) groups is 1. The number of nitrogens with one attached hydrogen (secondary N) is 2. The second-order valence-electron chi connectivity index (χ2n) is 5.16. The van der Waals surface area contributed by atoms with E-state index in [1.165, 1.54) is 11.1 Å². The van der Waals surface area contributed by atoms with E-state index in [1.54, 1.807) is 6.92 Å². The maximum atomic E-state index is 12.0. The molecule has 19 heavy (non-hydrogen) atoms. The smallest absolute Gasteiger partial charge is 0.251 e. The van der Waals surface area contributed by atoms with Crippen LogP contribution in [0, 0.1) is 0 Å². The van der Waals surface area contributed by atoms with E-state index in [0.717, 1.165) is 31.5 Å². The number of hydrogen-bond donors (Lipinski definition) is 3. The van der Waals surface area contributed by atoms with Gasteiger partial charge in [0.05, 0.1) is 6.10 Å². The molecule has 1 aromatic carbocycles. The second kappa shape index (κ2) is 6.68. The number of amides is 1. The molecule has 1 atom stereocenters. The standard InChI is InChI=1S/C15H22N2O2/c1-11(18)3-2-7-17-15(19)13-5-4-12-6-8-16-10-14(12)9-13/h4-5,9,11,16,18H,2-3,6-8,10H2,1H3,(H,17,19). The molecule has 1 aliphatic heterocycles. The molecule has 4 heteroatoms. The Kier molecular flexibility index (Phi) is 4.93. The zero-order valence-electron chi connectivity index (χ0n) is 11.4. The molecule has 0 aliphatic carbocycles. The molecule has 0 fully saturated rings. The first kappa shape index (κ1) is 14.0. The molecule has 0 saturated carbocycles.